The highest BCUT2D eigenvalue weighted by Gasteiger charge is 2.28. The molecule has 0 radical (unpaired) electrons. The lowest BCUT2D eigenvalue weighted by molar-refractivity contribution is -0.120. The van der Waals surface area contributed by atoms with Crippen molar-refractivity contribution in [3.05, 3.63) is 52.2 Å². The molecule has 6 nitrogen and oxygen atoms in total. The SMILES string of the molecule is CCCC(NC(=O)CN(c1ccc(C)cc1)S(=O)(=O)N(C)C)c1cccs1. The Morgan fingerprint density at radius 2 is 1.85 bits per heavy atom. The molecule has 1 atom stereocenters. The third-order valence-corrected chi connectivity index (χ3v) is 6.95. The van der Waals surface area contributed by atoms with Gasteiger partial charge in [-0.05, 0) is 36.9 Å². The van der Waals surface area contributed by atoms with Gasteiger partial charge in [0, 0.05) is 19.0 Å². The summed E-state index contributed by atoms with van der Waals surface area (Å²) in [6, 6.07) is 10.9. The number of amides is 1. The maximum atomic E-state index is 12.8. The molecule has 1 unspecified atom stereocenters. The number of hydrogen-bond acceptors (Lipinski definition) is 4. The van der Waals surface area contributed by atoms with E-state index in [1.54, 1.807) is 23.5 Å². The Morgan fingerprint density at radius 1 is 1.19 bits per heavy atom. The predicted octanol–water partition coefficient (Wildman–Crippen LogP) is 3.33. The lowest BCUT2D eigenvalue weighted by Gasteiger charge is -2.28. The number of thiophene rings is 1. The molecule has 1 heterocycles. The van der Waals surface area contributed by atoms with E-state index in [-0.39, 0.29) is 18.5 Å². The maximum Gasteiger partial charge on any atom is 0.304 e. The first kappa shape index (κ1) is 21.4. The van der Waals surface area contributed by atoms with E-state index >= 15 is 0 Å². The fraction of sp³-hybridized carbons (Fsp3) is 0.421. The van der Waals surface area contributed by atoms with Crippen molar-refractivity contribution in [3.8, 4) is 0 Å². The van der Waals surface area contributed by atoms with Gasteiger partial charge in [-0.15, -0.1) is 11.3 Å². The van der Waals surface area contributed by atoms with Crippen LogP contribution in [0.25, 0.3) is 0 Å². The molecule has 0 aliphatic rings. The van der Waals surface area contributed by atoms with Crippen LogP contribution in [0.2, 0.25) is 0 Å². The molecule has 8 heteroatoms. The highest BCUT2D eigenvalue weighted by atomic mass is 32.2. The van der Waals surface area contributed by atoms with Gasteiger partial charge in [0.1, 0.15) is 6.54 Å². The van der Waals surface area contributed by atoms with Crippen molar-refractivity contribution in [2.24, 2.45) is 0 Å². The Morgan fingerprint density at radius 3 is 2.37 bits per heavy atom. The van der Waals surface area contributed by atoms with Gasteiger partial charge in [-0.25, -0.2) is 4.31 Å². The molecule has 0 saturated carbocycles. The number of carbonyl (C=O) groups excluding carboxylic acids is 1. The van der Waals surface area contributed by atoms with Gasteiger partial charge >= 0.3 is 10.2 Å². The first-order valence-corrected chi connectivity index (χ1v) is 11.1. The lowest BCUT2D eigenvalue weighted by atomic mass is 10.1. The molecule has 27 heavy (non-hydrogen) atoms. The monoisotopic (exact) mass is 409 g/mol. The number of nitrogens with zero attached hydrogens (tertiary/aromatic N) is 2. The van der Waals surface area contributed by atoms with Gasteiger partial charge in [0.15, 0.2) is 0 Å². The number of aryl methyl sites for hydroxylation is 1. The minimum Gasteiger partial charge on any atom is -0.347 e. The van der Waals surface area contributed by atoms with Crippen LogP contribution < -0.4 is 9.62 Å². The fourth-order valence-electron chi connectivity index (χ4n) is 2.65. The molecule has 1 aromatic heterocycles. The Kier molecular flexibility index (Phi) is 7.41. The number of nitrogens with one attached hydrogen (secondary N) is 1. The van der Waals surface area contributed by atoms with Crippen molar-refractivity contribution in [3.63, 3.8) is 0 Å². The molecule has 0 aliphatic carbocycles. The van der Waals surface area contributed by atoms with Gasteiger partial charge in [-0.3, -0.25) is 4.79 Å². The standard InChI is InChI=1S/C19H27N3O3S2/c1-5-7-17(18-8-6-13-26-18)20-19(23)14-22(27(24,25)21(3)4)16-11-9-15(2)10-12-16/h6,8-13,17H,5,7,14H2,1-4H3,(H,20,23). The highest BCUT2D eigenvalue weighted by molar-refractivity contribution is 7.90. The number of carbonyl (C=O) groups is 1. The van der Waals surface area contributed by atoms with Crippen molar-refractivity contribution in [2.75, 3.05) is 24.9 Å². The topological polar surface area (TPSA) is 69.7 Å². The first-order chi connectivity index (χ1) is 12.8. The van der Waals surface area contributed by atoms with Crippen molar-refractivity contribution in [1.29, 1.82) is 0 Å². The third kappa shape index (κ3) is 5.54. The van der Waals surface area contributed by atoms with E-state index in [4.69, 9.17) is 0 Å². The van der Waals surface area contributed by atoms with E-state index in [0.717, 1.165) is 31.9 Å². The van der Waals surface area contributed by atoms with Crippen molar-refractivity contribution < 1.29 is 13.2 Å². The summed E-state index contributed by atoms with van der Waals surface area (Å²) in [7, 11) is -0.877. The van der Waals surface area contributed by atoms with Crippen LogP contribution in [0.5, 0.6) is 0 Å². The van der Waals surface area contributed by atoms with Crippen LogP contribution in [0.4, 0.5) is 5.69 Å². The molecule has 1 amide bonds. The second kappa shape index (κ2) is 9.34. The normalized spacial score (nSPS) is 12.8. The third-order valence-electron chi connectivity index (χ3n) is 4.15. The van der Waals surface area contributed by atoms with Crippen LogP contribution in [-0.4, -0.2) is 39.3 Å². The Balaban J connectivity index is 2.23. The van der Waals surface area contributed by atoms with Crippen molar-refractivity contribution >= 4 is 33.1 Å². The summed E-state index contributed by atoms with van der Waals surface area (Å²) in [4.78, 5) is 13.8. The van der Waals surface area contributed by atoms with Crippen LogP contribution in [0.1, 0.15) is 36.2 Å². The van der Waals surface area contributed by atoms with Gasteiger partial charge in [0.2, 0.25) is 5.91 Å². The molecule has 0 fully saturated rings. The predicted molar refractivity (Wildman–Crippen MR) is 111 cm³/mol. The van der Waals surface area contributed by atoms with Gasteiger partial charge in [-0.2, -0.15) is 12.7 Å². The molecular weight excluding hydrogens is 382 g/mol. The summed E-state index contributed by atoms with van der Waals surface area (Å²) >= 11 is 1.59. The molecule has 148 valence electrons. The zero-order valence-electron chi connectivity index (χ0n) is 16.2. The summed E-state index contributed by atoms with van der Waals surface area (Å²) in [5, 5.41) is 4.96. The van der Waals surface area contributed by atoms with Crippen LogP contribution in [0, 0.1) is 6.92 Å². The largest absolute Gasteiger partial charge is 0.347 e. The van der Waals surface area contributed by atoms with Gasteiger partial charge in [0.25, 0.3) is 0 Å². The minimum absolute atomic E-state index is 0.107. The minimum atomic E-state index is -3.79. The molecule has 0 aliphatic heterocycles. The average molecular weight is 410 g/mol. The van der Waals surface area contributed by atoms with Crippen LogP contribution in [0.15, 0.2) is 41.8 Å². The summed E-state index contributed by atoms with van der Waals surface area (Å²) in [6.45, 7) is 3.72. The molecule has 0 saturated heterocycles. The van der Waals surface area contributed by atoms with Gasteiger partial charge in [-0.1, -0.05) is 37.1 Å². The van der Waals surface area contributed by atoms with Gasteiger partial charge in [0.05, 0.1) is 11.7 Å². The molecule has 0 bridgehead atoms. The number of anilines is 1. The quantitative estimate of drug-likeness (QED) is 0.691. The molecule has 2 aromatic rings. The van der Waals surface area contributed by atoms with Crippen molar-refractivity contribution in [1.82, 2.24) is 9.62 Å². The van der Waals surface area contributed by atoms with E-state index in [0.29, 0.717) is 5.69 Å². The number of benzene rings is 1. The molecule has 1 N–H and O–H groups in total. The summed E-state index contributed by atoms with van der Waals surface area (Å²) in [5.74, 6) is -0.326. The van der Waals surface area contributed by atoms with Crippen molar-refractivity contribution in [2.45, 2.75) is 32.7 Å². The maximum absolute atomic E-state index is 12.8. The lowest BCUT2D eigenvalue weighted by Crippen LogP contribution is -2.46. The Labute approximate surface area is 166 Å². The van der Waals surface area contributed by atoms with Crippen LogP contribution in [-0.2, 0) is 15.0 Å². The van der Waals surface area contributed by atoms with E-state index in [1.165, 1.54) is 14.1 Å². The number of rotatable bonds is 9. The second-order valence-corrected chi connectivity index (χ2v) is 9.60. The Hall–Kier alpha value is -1.90. The van der Waals surface area contributed by atoms with E-state index in [2.05, 4.69) is 12.2 Å². The molecule has 0 spiro atoms. The second-order valence-electron chi connectivity index (χ2n) is 6.56. The zero-order chi connectivity index (χ0) is 20.0. The molecule has 2 rings (SSSR count). The summed E-state index contributed by atoms with van der Waals surface area (Å²) < 4.78 is 27.8. The van der Waals surface area contributed by atoms with E-state index in [1.807, 2.05) is 36.6 Å². The van der Waals surface area contributed by atoms with Gasteiger partial charge < -0.3 is 5.32 Å². The van der Waals surface area contributed by atoms with Crippen LogP contribution >= 0.6 is 11.3 Å². The average Bonchev–Trinajstić information content (AvgIpc) is 3.14. The highest BCUT2D eigenvalue weighted by Crippen LogP contribution is 2.24. The van der Waals surface area contributed by atoms with E-state index in [9.17, 15) is 13.2 Å². The zero-order valence-corrected chi connectivity index (χ0v) is 17.8. The van der Waals surface area contributed by atoms with Crippen LogP contribution in [0.3, 0.4) is 0 Å². The van der Waals surface area contributed by atoms with E-state index < -0.39 is 10.2 Å². The Bertz CT molecular complexity index is 832. The summed E-state index contributed by atoms with van der Waals surface area (Å²) in [5.41, 5.74) is 1.48. The summed E-state index contributed by atoms with van der Waals surface area (Å²) in [6.07, 6.45) is 1.72. The number of hydrogen-bond donors (Lipinski definition) is 1. The first-order valence-electron chi connectivity index (χ1n) is 8.85. The fourth-order valence-corrected chi connectivity index (χ4v) is 4.52. The molecule has 1 aromatic carbocycles. The molecular formula is C19H27N3O3S2. The smallest absolute Gasteiger partial charge is 0.304 e.